The quantitative estimate of drug-likeness (QED) is 0.908. The lowest BCUT2D eigenvalue weighted by atomic mass is 10.1. The van der Waals surface area contributed by atoms with Crippen molar-refractivity contribution in [1.82, 2.24) is 5.32 Å². The highest BCUT2D eigenvalue weighted by Crippen LogP contribution is 2.26. The van der Waals surface area contributed by atoms with E-state index in [2.05, 4.69) is 5.32 Å². The molecule has 4 nitrogen and oxygen atoms in total. The summed E-state index contributed by atoms with van der Waals surface area (Å²) in [5.74, 6) is -0.154. The molecule has 0 saturated carbocycles. The van der Waals surface area contributed by atoms with Gasteiger partial charge in [0.1, 0.15) is 0 Å². The predicted molar refractivity (Wildman–Crippen MR) is 82.1 cm³/mol. The highest BCUT2D eigenvalue weighted by molar-refractivity contribution is 6.31. The summed E-state index contributed by atoms with van der Waals surface area (Å²) in [5.41, 5.74) is 1.64. The molecule has 0 aliphatic rings. The lowest BCUT2D eigenvalue weighted by Gasteiger charge is -2.24. The van der Waals surface area contributed by atoms with E-state index < -0.39 is 0 Å². The number of anilines is 1. The van der Waals surface area contributed by atoms with E-state index in [9.17, 15) is 9.59 Å². The first-order valence-corrected chi connectivity index (χ1v) is 7.03. The number of nitrogens with one attached hydrogen (secondary N) is 1. The van der Waals surface area contributed by atoms with Crippen LogP contribution in [0.25, 0.3) is 0 Å². The number of nitrogens with zero attached hydrogens (tertiary/aromatic N) is 1. The van der Waals surface area contributed by atoms with Crippen LogP contribution in [-0.2, 0) is 9.59 Å². The smallest absolute Gasteiger partial charge is 0.223 e. The second-order valence-electron chi connectivity index (χ2n) is 5.00. The molecule has 1 aromatic carbocycles. The number of hydrogen-bond acceptors (Lipinski definition) is 2. The molecule has 110 valence electrons. The summed E-state index contributed by atoms with van der Waals surface area (Å²) in [6.45, 7) is 7.89. The van der Waals surface area contributed by atoms with E-state index >= 15 is 0 Å². The van der Waals surface area contributed by atoms with E-state index in [1.165, 1.54) is 6.92 Å². The SMILES string of the molecule is CC(=O)N(CCNC(=O)C(C)C)c1cccc(Cl)c1C. The molecule has 1 N–H and O–H groups in total. The van der Waals surface area contributed by atoms with Crippen LogP contribution in [0.5, 0.6) is 0 Å². The van der Waals surface area contributed by atoms with E-state index in [-0.39, 0.29) is 17.7 Å². The third-order valence-electron chi connectivity index (χ3n) is 3.07. The number of benzene rings is 1. The van der Waals surface area contributed by atoms with Gasteiger partial charge in [0, 0.05) is 36.6 Å². The Morgan fingerprint density at radius 1 is 1.35 bits per heavy atom. The minimum atomic E-state index is -0.0748. The topological polar surface area (TPSA) is 49.4 Å². The Bertz CT molecular complexity index is 501. The molecular formula is C15H21ClN2O2. The van der Waals surface area contributed by atoms with Crippen LogP contribution in [0, 0.1) is 12.8 Å². The second-order valence-corrected chi connectivity index (χ2v) is 5.41. The van der Waals surface area contributed by atoms with Gasteiger partial charge in [-0.05, 0) is 24.6 Å². The number of rotatable bonds is 5. The molecule has 0 fully saturated rings. The number of halogens is 1. The van der Waals surface area contributed by atoms with Crippen LogP contribution in [0.3, 0.4) is 0 Å². The Labute approximate surface area is 125 Å². The van der Waals surface area contributed by atoms with Gasteiger partial charge in [0.2, 0.25) is 11.8 Å². The molecular weight excluding hydrogens is 276 g/mol. The van der Waals surface area contributed by atoms with Crippen LogP contribution < -0.4 is 10.2 Å². The normalized spacial score (nSPS) is 10.5. The molecule has 0 unspecified atom stereocenters. The van der Waals surface area contributed by atoms with Crippen molar-refractivity contribution in [1.29, 1.82) is 0 Å². The maximum atomic E-state index is 11.8. The molecule has 5 heteroatoms. The molecule has 0 saturated heterocycles. The van der Waals surface area contributed by atoms with Crippen molar-refractivity contribution in [3.63, 3.8) is 0 Å². The van der Waals surface area contributed by atoms with Crippen molar-refractivity contribution in [2.75, 3.05) is 18.0 Å². The first-order chi connectivity index (χ1) is 9.34. The standard InChI is InChI=1S/C15H21ClN2O2/c1-10(2)15(20)17-8-9-18(12(4)19)14-7-5-6-13(16)11(14)3/h5-7,10H,8-9H2,1-4H3,(H,17,20). The lowest BCUT2D eigenvalue weighted by Crippen LogP contribution is -2.39. The summed E-state index contributed by atoms with van der Waals surface area (Å²) < 4.78 is 0. The summed E-state index contributed by atoms with van der Waals surface area (Å²) >= 11 is 6.08. The van der Waals surface area contributed by atoms with E-state index in [1.807, 2.05) is 32.9 Å². The summed E-state index contributed by atoms with van der Waals surface area (Å²) in [6, 6.07) is 5.46. The molecule has 0 aliphatic carbocycles. The Morgan fingerprint density at radius 3 is 2.55 bits per heavy atom. The molecule has 1 aromatic rings. The molecule has 0 aromatic heterocycles. The fourth-order valence-corrected chi connectivity index (χ4v) is 2.00. The zero-order valence-corrected chi connectivity index (χ0v) is 13.1. The van der Waals surface area contributed by atoms with Crippen LogP contribution in [0.4, 0.5) is 5.69 Å². The van der Waals surface area contributed by atoms with Crippen molar-refractivity contribution in [3.05, 3.63) is 28.8 Å². The van der Waals surface area contributed by atoms with Gasteiger partial charge in [-0.25, -0.2) is 0 Å². The molecule has 2 amide bonds. The van der Waals surface area contributed by atoms with E-state index in [1.54, 1.807) is 11.0 Å². The molecule has 1 rings (SSSR count). The maximum Gasteiger partial charge on any atom is 0.223 e. The minimum Gasteiger partial charge on any atom is -0.354 e. The van der Waals surface area contributed by atoms with Gasteiger partial charge < -0.3 is 10.2 Å². The highest BCUT2D eigenvalue weighted by atomic mass is 35.5. The first kappa shape index (κ1) is 16.5. The lowest BCUT2D eigenvalue weighted by molar-refractivity contribution is -0.124. The summed E-state index contributed by atoms with van der Waals surface area (Å²) in [5, 5.41) is 3.43. The number of amides is 2. The van der Waals surface area contributed by atoms with Gasteiger partial charge in [0.15, 0.2) is 0 Å². The van der Waals surface area contributed by atoms with Gasteiger partial charge >= 0.3 is 0 Å². The fraction of sp³-hybridized carbons (Fsp3) is 0.467. The monoisotopic (exact) mass is 296 g/mol. The van der Waals surface area contributed by atoms with Gasteiger partial charge in [0.05, 0.1) is 0 Å². The maximum absolute atomic E-state index is 11.8. The Hall–Kier alpha value is -1.55. The predicted octanol–water partition coefficient (Wildman–Crippen LogP) is 2.77. The number of hydrogen-bond donors (Lipinski definition) is 1. The van der Waals surface area contributed by atoms with Crippen LogP contribution in [-0.4, -0.2) is 24.9 Å². The van der Waals surface area contributed by atoms with Gasteiger partial charge in [0.25, 0.3) is 0 Å². The Morgan fingerprint density at radius 2 is 2.00 bits per heavy atom. The van der Waals surface area contributed by atoms with Crippen molar-refractivity contribution in [3.8, 4) is 0 Å². The third-order valence-corrected chi connectivity index (χ3v) is 3.48. The molecule has 0 bridgehead atoms. The Kier molecular flexibility index (Phi) is 6.02. The summed E-state index contributed by atoms with van der Waals surface area (Å²) in [7, 11) is 0. The summed E-state index contributed by atoms with van der Waals surface area (Å²) in [4.78, 5) is 24.9. The summed E-state index contributed by atoms with van der Waals surface area (Å²) in [6.07, 6.45) is 0. The van der Waals surface area contributed by atoms with Crippen molar-refractivity contribution < 1.29 is 9.59 Å². The van der Waals surface area contributed by atoms with Crippen LogP contribution in [0.15, 0.2) is 18.2 Å². The van der Waals surface area contributed by atoms with E-state index in [0.29, 0.717) is 18.1 Å². The van der Waals surface area contributed by atoms with Gasteiger partial charge in [-0.2, -0.15) is 0 Å². The average Bonchev–Trinajstić information content (AvgIpc) is 2.37. The highest BCUT2D eigenvalue weighted by Gasteiger charge is 2.15. The minimum absolute atomic E-state index is 0.0173. The number of carbonyl (C=O) groups excluding carboxylic acids is 2. The van der Waals surface area contributed by atoms with E-state index in [4.69, 9.17) is 11.6 Å². The second kappa shape index (κ2) is 7.29. The number of carbonyl (C=O) groups is 2. The molecule has 0 heterocycles. The largest absolute Gasteiger partial charge is 0.354 e. The van der Waals surface area contributed by atoms with Crippen LogP contribution in [0.2, 0.25) is 5.02 Å². The third kappa shape index (κ3) is 4.23. The van der Waals surface area contributed by atoms with Gasteiger partial charge in [-0.15, -0.1) is 0 Å². The molecule has 0 spiro atoms. The molecule has 0 aliphatic heterocycles. The fourth-order valence-electron chi connectivity index (χ4n) is 1.83. The molecule has 20 heavy (non-hydrogen) atoms. The van der Waals surface area contributed by atoms with Crippen molar-refractivity contribution in [2.45, 2.75) is 27.7 Å². The molecule has 0 radical (unpaired) electrons. The van der Waals surface area contributed by atoms with Gasteiger partial charge in [-0.1, -0.05) is 31.5 Å². The average molecular weight is 297 g/mol. The zero-order valence-electron chi connectivity index (χ0n) is 12.4. The Balaban J connectivity index is 2.78. The van der Waals surface area contributed by atoms with Crippen molar-refractivity contribution in [2.24, 2.45) is 5.92 Å². The molecule has 0 atom stereocenters. The zero-order chi connectivity index (χ0) is 15.3. The van der Waals surface area contributed by atoms with E-state index in [0.717, 1.165) is 11.3 Å². The van der Waals surface area contributed by atoms with Crippen LogP contribution >= 0.6 is 11.6 Å². The first-order valence-electron chi connectivity index (χ1n) is 6.65. The van der Waals surface area contributed by atoms with Gasteiger partial charge in [-0.3, -0.25) is 9.59 Å². The van der Waals surface area contributed by atoms with Crippen LogP contribution in [0.1, 0.15) is 26.3 Å². The van der Waals surface area contributed by atoms with Crippen molar-refractivity contribution >= 4 is 29.1 Å².